The molecule has 0 unspecified atom stereocenters. The summed E-state index contributed by atoms with van der Waals surface area (Å²) < 4.78 is 35.4. The van der Waals surface area contributed by atoms with Gasteiger partial charge < -0.3 is 24.8 Å². The lowest BCUT2D eigenvalue weighted by Crippen LogP contribution is -2.46. The first-order valence-corrected chi connectivity index (χ1v) is 11.2. The molecule has 4 aromatic rings. The third-order valence-electron chi connectivity index (χ3n) is 5.98. The highest BCUT2D eigenvalue weighted by atomic mass is 19.1. The molecule has 5 rings (SSSR count). The van der Waals surface area contributed by atoms with E-state index < -0.39 is 11.6 Å². The van der Waals surface area contributed by atoms with Gasteiger partial charge in [0.2, 0.25) is 5.82 Å². The summed E-state index contributed by atoms with van der Waals surface area (Å²) in [6, 6.07) is 8.48. The van der Waals surface area contributed by atoms with Crippen LogP contribution in [0.25, 0.3) is 10.9 Å². The highest BCUT2D eigenvalue weighted by Gasteiger charge is 2.19. The number of fused-ring (bicyclic) bond motifs is 1. The number of nitrogens with zero attached hydrogens (tertiary/aromatic N) is 5. The number of nitrogens with one attached hydrogen (secondary N) is 2. The smallest absolute Gasteiger partial charge is 0.261 e. The summed E-state index contributed by atoms with van der Waals surface area (Å²) in [4.78, 5) is 19.9. The van der Waals surface area contributed by atoms with E-state index in [4.69, 9.17) is 4.74 Å². The minimum Gasteiger partial charge on any atom is -0.433 e. The van der Waals surface area contributed by atoms with E-state index in [1.807, 2.05) is 13.0 Å². The maximum absolute atomic E-state index is 15.1. The number of pyridine rings is 1. The van der Waals surface area contributed by atoms with Gasteiger partial charge in [-0.2, -0.15) is 9.37 Å². The molecule has 1 fully saturated rings. The van der Waals surface area contributed by atoms with E-state index in [1.165, 1.54) is 6.07 Å². The summed E-state index contributed by atoms with van der Waals surface area (Å²) in [5.41, 5.74) is 2.46. The Morgan fingerprint density at radius 2 is 1.85 bits per heavy atom. The Balaban J connectivity index is 1.31. The lowest BCUT2D eigenvalue weighted by Gasteiger charge is -2.35. The van der Waals surface area contributed by atoms with Gasteiger partial charge in [-0.05, 0) is 43.8 Å². The van der Waals surface area contributed by atoms with Crippen LogP contribution in [0.3, 0.4) is 0 Å². The van der Waals surface area contributed by atoms with E-state index >= 15 is 4.39 Å². The zero-order valence-corrected chi connectivity index (χ0v) is 19.0. The Bertz CT molecular complexity index is 1300. The highest BCUT2D eigenvalue weighted by Crippen LogP contribution is 2.32. The van der Waals surface area contributed by atoms with Crippen LogP contribution in [0.4, 0.5) is 26.1 Å². The third-order valence-corrected chi connectivity index (χ3v) is 5.98. The number of benzene rings is 1. The van der Waals surface area contributed by atoms with Crippen LogP contribution in [0.2, 0.25) is 0 Å². The second kappa shape index (κ2) is 9.22. The predicted octanol–water partition coefficient (Wildman–Crippen LogP) is 4.62. The second-order valence-electron chi connectivity index (χ2n) is 8.18. The number of hydrogen-bond acceptors (Lipinski definition) is 7. The van der Waals surface area contributed by atoms with Crippen LogP contribution in [0.5, 0.6) is 11.6 Å². The van der Waals surface area contributed by atoms with Crippen molar-refractivity contribution in [2.75, 3.05) is 42.9 Å². The van der Waals surface area contributed by atoms with Crippen molar-refractivity contribution in [2.45, 2.75) is 13.8 Å². The zero-order chi connectivity index (χ0) is 23.7. The molecule has 3 aromatic heterocycles. The lowest BCUT2D eigenvalue weighted by molar-refractivity contribution is 0.271. The summed E-state index contributed by atoms with van der Waals surface area (Å²) >= 11 is 0. The van der Waals surface area contributed by atoms with Crippen molar-refractivity contribution in [1.82, 2.24) is 24.8 Å². The SMILES string of the molecule is CCN1CCN(c2ccc(Nc3ncnc(Oc4ccc5[nH]c(C)cc5c4F)c3F)nc2)CC1. The highest BCUT2D eigenvalue weighted by molar-refractivity contribution is 5.82. The zero-order valence-electron chi connectivity index (χ0n) is 19.0. The molecule has 176 valence electrons. The Hall–Kier alpha value is -3.79. The summed E-state index contributed by atoms with van der Waals surface area (Å²) in [5.74, 6) is -1.62. The molecule has 2 N–H and O–H groups in total. The molecule has 0 radical (unpaired) electrons. The molecule has 0 saturated carbocycles. The van der Waals surface area contributed by atoms with Crippen LogP contribution in [-0.2, 0) is 0 Å². The van der Waals surface area contributed by atoms with Crippen molar-refractivity contribution in [3.63, 3.8) is 0 Å². The number of likely N-dealkylation sites (N-methyl/N-ethyl adjacent to an activating group) is 1. The average molecular weight is 466 g/mol. The topological polar surface area (TPSA) is 82.2 Å². The monoisotopic (exact) mass is 465 g/mol. The molecule has 0 aliphatic carbocycles. The molecule has 10 heteroatoms. The fourth-order valence-corrected chi connectivity index (χ4v) is 4.07. The second-order valence-corrected chi connectivity index (χ2v) is 8.18. The van der Waals surface area contributed by atoms with Crippen LogP contribution in [0, 0.1) is 18.6 Å². The van der Waals surface area contributed by atoms with Crippen LogP contribution >= 0.6 is 0 Å². The number of aromatic amines is 1. The van der Waals surface area contributed by atoms with Crippen molar-refractivity contribution >= 4 is 28.2 Å². The van der Waals surface area contributed by atoms with E-state index in [2.05, 4.69) is 42.0 Å². The maximum atomic E-state index is 15.1. The van der Waals surface area contributed by atoms with E-state index in [9.17, 15) is 4.39 Å². The van der Waals surface area contributed by atoms with Crippen molar-refractivity contribution in [3.05, 3.63) is 60.2 Å². The minimum atomic E-state index is -0.839. The van der Waals surface area contributed by atoms with Gasteiger partial charge in [0.15, 0.2) is 17.4 Å². The van der Waals surface area contributed by atoms with E-state index in [1.54, 1.807) is 24.4 Å². The summed E-state index contributed by atoms with van der Waals surface area (Å²) in [7, 11) is 0. The van der Waals surface area contributed by atoms with Gasteiger partial charge in [0, 0.05) is 42.8 Å². The molecular formula is C24H25F2N7O. The molecule has 1 aromatic carbocycles. The van der Waals surface area contributed by atoms with Gasteiger partial charge in [0.1, 0.15) is 12.1 Å². The fourth-order valence-electron chi connectivity index (χ4n) is 4.07. The van der Waals surface area contributed by atoms with Crippen LogP contribution in [-0.4, -0.2) is 57.6 Å². The van der Waals surface area contributed by atoms with Crippen molar-refractivity contribution < 1.29 is 13.5 Å². The first-order chi connectivity index (χ1) is 16.5. The molecule has 0 atom stereocenters. The number of halogens is 2. The van der Waals surface area contributed by atoms with Gasteiger partial charge in [-0.3, -0.25) is 0 Å². The Kier molecular flexibility index (Phi) is 5.97. The van der Waals surface area contributed by atoms with Gasteiger partial charge in [-0.1, -0.05) is 6.92 Å². The number of ether oxygens (including phenoxy) is 1. The van der Waals surface area contributed by atoms with Crippen LogP contribution < -0.4 is 15.0 Å². The molecular weight excluding hydrogens is 440 g/mol. The number of piperazine rings is 1. The molecule has 1 saturated heterocycles. The van der Waals surface area contributed by atoms with E-state index in [0.29, 0.717) is 16.7 Å². The number of aryl methyl sites for hydroxylation is 1. The molecule has 0 bridgehead atoms. The lowest BCUT2D eigenvalue weighted by atomic mass is 10.2. The van der Waals surface area contributed by atoms with Crippen LogP contribution in [0.1, 0.15) is 12.6 Å². The van der Waals surface area contributed by atoms with Gasteiger partial charge in [0.25, 0.3) is 5.88 Å². The van der Waals surface area contributed by atoms with Gasteiger partial charge in [0.05, 0.1) is 11.9 Å². The van der Waals surface area contributed by atoms with Crippen LogP contribution in [0.15, 0.2) is 42.9 Å². The van der Waals surface area contributed by atoms with Gasteiger partial charge in [-0.15, -0.1) is 0 Å². The van der Waals surface area contributed by atoms with Crippen molar-refractivity contribution in [1.29, 1.82) is 0 Å². The summed E-state index contributed by atoms with van der Waals surface area (Å²) in [5, 5.41) is 3.21. The first-order valence-electron chi connectivity index (χ1n) is 11.2. The number of rotatable bonds is 6. The third kappa shape index (κ3) is 4.36. The summed E-state index contributed by atoms with van der Waals surface area (Å²) in [6.07, 6.45) is 2.91. The normalized spacial score (nSPS) is 14.5. The number of hydrogen-bond donors (Lipinski definition) is 2. The molecule has 4 heterocycles. The van der Waals surface area contributed by atoms with Gasteiger partial charge >= 0.3 is 0 Å². The largest absolute Gasteiger partial charge is 0.433 e. The average Bonchev–Trinajstić information content (AvgIpc) is 3.25. The molecule has 0 amide bonds. The Morgan fingerprint density at radius 3 is 2.59 bits per heavy atom. The van der Waals surface area contributed by atoms with E-state index in [-0.39, 0.29) is 17.4 Å². The van der Waals surface area contributed by atoms with Crippen molar-refractivity contribution in [3.8, 4) is 11.6 Å². The van der Waals surface area contributed by atoms with Crippen molar-refractivity contribution in [2.24, 2.45) is 0 Å². The molecule has 1 aliphatic rings. The van der Waals surface area contributed by atoms with E-state index in [0.717, 1.165) is 50.4 Å². The number of aromatic nitrogens is 4. The Labute approximate surface area is 195 Å². The predicted molar refractivity (Wildman–Crippen MR) is 127 cm³/mol. The minimum absolute atomic E-state index is 0.110. The molecule has 34 heavy (non-hydrogen) atoms. The fraction of sp³-hybridized carbons (Fsp3) is 0.292. The molecule has 1 aliphatic heterocycles. The van der Waals surface area contributed by atoms with Gasteiger partial charge in [-0.25, -0.2) is 14.4 Å². The number of H-pyrrole nitrogens is 1. The summed E-state index contributed by atoms with van der Waals surface area (Å²) in [6.45, 7) is 8.96. The number of anilines is 3. The Morgan fingerprint density at radius 1 is 1.03 bits per heavy atom. The maximum Gasteiger partial charge on any atom is 0.261 e. The first kappa shape index (κ1) is 22.0. The molecule has 8 nitrogen and oxygen atoms in total. The standard InChI is InChI=1S/C24H25F2N7O/c1-3-32-8-10-33(11-9-32)16-4-7-20(27-13-16)31-23-22(26)24(29-14-28-23)34-19-6-5-18-17(21(19)25)12-15(2)30-18/h4-7,12-14,30H,3,8-11H2,1-2H3,(H,27,28,29,31). The quantitative estimate of drug-likeness (QED) is 0.430. The molecule has 0 spiro atoms.